The first-order chi connectivity index (χ1) is 9.47. The summed E-state index contributed by atoms with van der Waals surface area (Å²) >= 11 is 12.5. The molecule has 0 unspecified atom stereocenters. The molecule has 0 N–H and O–H groups in total. The number of carboxylic acids is 1. The van der Waals surface area contributed by atoms with E-state index in [-0.39, 0.29) is 22.3 Å². The Labute approximate surface area is 127 Å². The molecule has 0 spiro atoms. The Morgan fingerprint density at radius 3 is 2.70 bits per heavy atom. The van der Waals surface area contributed by atoms with Gasteiger partial charge in [-0.25, -0.2) is 4.98 Å². The summed E-state index contributed by atoms with van der Waals surface area (Å²) in [5.74, 6) is -1.57. The molecule has 0 radical (unpaired) electrons. The maximum atomic E-state index is 11.8. The van der Waals surface area contributed by atoms with Gasteiger partial charge in [-0.3, -0.25) is 4.79 Å². The molecule has 1 aromatic heterocycles. The van der Waals surface area contributed by atoms with Crippen molar-refractivity contribution in [3.63, 3.8) is 0 Å². The number of carboxylic acid groups (broad SMARTS) is 1. The van der Waals surface area contributed by atoms with Gasteiger partial charge >= 0.3 is 0 Å². The molecule has 8 heteroatoms. The number of rotatable bonds is 5. The van der Waals surface area contributed by atoms with Crippen molar-refractivity contribution in [2.75, 3.05) is 6.61 Å². The van der Waals surface area contributed by atoms with Gasteiger partial charge in [-0.05, 0) is 18.2 Å². The van der Waals surface area contributed by atoms with E-state index in [2.05, 4.69) is 4.98 Å². The summed E-state index contributed by atoms with van der Waals surface area (Å²) in [4.78, 5) is 26.0. The Morgan fingerprint density at radius 1 is 1.35 bits per heavy atom. The van der Waals surface area contributed by atoms with Gasteiger partial charge in [-0.2, -0.15) is 0 Å². The molecule has 20 heavy (non-hydrogen) atoms. The Hall–Kier alpha value is -1.63. The van der Waals surface area contributed by atoms with Crippen molar-refractivity contribution >= 4 is 46.3 Å². The van der Waals surface area contributed by atoms with E-state index in [0.29, 0.717) is 10.8 Å². The standard InChI is InChI=1S/C12H7Cl2NO4S/c13-6-1-2-10(7(14)3-6)19-4-9(16)11-15-8(5-20-11)12(17)18/h1-3,5H,4H2,(H,17,18)/p-1. The zero-order valence-electron chi connectivity index (χ0n) is 9.76. The van der Waals surface area contributed by atoms with Crippen LogP contribution in [0.5, 0.6) is 5.75 Å². The number of halogens is 2. The molecule has 0 bridgehead atoms. The van der Waals surface area contributed by atoms with E-state index in [1.165, 1.54) is 17.5 Å². The van der Waals surface area contributed by atoms with E-state index in [9.17, 15) is 14.7 Å². The van der Waals surface area contributed by atoms with Gasteiger partial charge in [0.2, 0.25) is 5.78 Å². The third-order valence-corrected chi connectivity index (χ3v) is 3.62. The number of thiazole rings is 1. The van der Waals surface area contributed by atoms with Crippen molar-refractivity contribution in [3.8, 4) is 5.75 Å². The van der Waals surface area contributed by atoms with Gasteiger partial charge in [0.15, 0.2) is 11.6 Å². The Balaban J connectivity index is 2.02. The first kappa shape index (κ1) is 14.8. The SMILES string of the molecule is O=C([O-])c1csc(C(=O)COc2ccc(Cl)cc2Cl)n1. The summed E-state index contributed by atoms with van der Waals surface area (Å²) < 4.78 is 5.24. The van der Waals surface area contributed by atoms with Crippen LogP contribution >= 0.6 is 34.5 Å². The van der Waals surface area contributed by atoms with Crippen LogP contribution in [0.15, 0.2) is 23.6 Å². The maximum Gasteiger partial charge on any atom is 0.228 e. The lowest BCUT2D eigenvalue weighted by molar-refractivity contribution is -0.255. The molecule has 0 amide bonds. The van der Waals surface area contributed by atoms with Crippen LogP contribution < -0.4 is 9.84 Å². The number of carbonyl (C=O) groups excluding carboxylic acids is 2. The smallest absolute Gasteiger partial charge is 0.228 e. The van der Waals surface area contributed by atoms with Crippen LogP contribution in [0.4, 0.5) is 0 Å². The molecule has 0 atom stereocenters. The summed E-state index contributed by atoms with van der Waals surface area (Å²) in [5, 5.41) is 12.6. The van der Waals surface area contributed by atoms with Gasteiger partial charge in [0.05, 0.1) is 16.7 Å². The lowest BCUT2D eigenvalue weighted by Gasteiger charge is -2.06. The second kappa shape index (κ2) is 6.21. The topological polar surface area (TPSA) is 79.3 Å². The van der Waals surface area contributed by atoms with E-state index >= 15 is 0 Å². The minimum atomic E-state index is -1.43. The third-order valence-electron chi connectivity index (χ3n) is 2.20. The number of Topliss-reactive ketones (excluding diaryl/α,β-unsaturated/α-hetero) is 1. The van der Waals surface area contributed by atoms with Gasteiger partial charge in [-0.1, -0.05) is 23.2 Å². The maximum absolute atomic E-state index is 11.8. The highest BCUT2D eigenvalue weighted by molar-refractivity contribution is 7.12. The van der Waals surface area contributed by atoms with E-state index in [0.717, 1.165) is 11.3 Å². The van der Waals surface area contributed by atoms with Crippen LogP contribution in [0.25, 0.3) is 0 Å². The molecule has 0 saturated carbocycles. The van der Waals surface area contributed by atoms with Crippen molar-refractivity contribution in [2.45, 2.75) is 0 Å². The van der Waals surface area contributed by atoms with Crippen LogP contribution in [0.1, 0.15) is 20.3 Å². The predicted octanol–water partition coefficient (Wildman–Crippen LogP) is 2.08. The van der Waals surface area contributed by atoms with E-state index in [1.54, 1.807) is 6.07 Å². The minimum Gasteiger partial charge on any atom is -0.543 e. The lowest BCUT2D eigenvalue weighted by Crippen LogP contribution is -2.23. The highest BCUT2D eigenvalue weighted by Crippen LogP contribution is 2.27. The second-order valence-corrected chi connectivity index (χ2v) is 5.31. The van der Waals surface area contributed by atoms with Crippen molar-refractivity contribution < 1.29 is 19.4 Å². The molecule has 0 aliphatic carbocycles. The van der Waals surface area contributed by atoms with Crippen LogP contribution in [0.2, 0.25) is 10.0 Å². The van der Waals surface area contributed by atoms with Crippen LogP contribution in [0.3, 0.4) is 0 Å². The first-order valence-corrected chi connectivity index (χ1v) is 6.89. The first-order valence-electron chi connectivity index (χ1n) is 5.25. The average molecular weight is 331 g/mol. The Bertz CT molecular complexity index is 671. The number of ketones is 1. The molecule has 5 nitrogen and oxygen atoms in total. The molecule has 0 aliphatic rings. The lowest BCUT2D eigenvalue weighted by atomic mass is 10.3. The van der Waals surface area contributed by atoms with Crippen molar-refractivity contribution in [2.24, 2.45) is 0 Å². The van der Waals surface area contributed by atoms with Crippen LogP contribution in [-0.4, -0.2) is 23.3 Å². The summed E-state index contributed by atoms with van der Waals surface area (Å²) in [6.07, 6.45) is 0. The van der Waals surface area contributed by atoms with Crippen molar-refractivity contribution in [3.05, 3.63) is 44.3 Å². The molecule has 1 heterocycles. The second-order valence-electron chi connectivity index (χ2n) is 3.61. The van der Waals surface area contributed by atoms with Gasteiger partial charge in [-0.15, -0.1) is 11.3 Å². The summed E-state index contributed by atoms with van der Waals surface area (Å²) in [6.45, 7) is -0.304. The van der Waals surface area contributed by atoms with Crippen LogP contribution in [-0.2, 0) is 0 Å². The summed E-state index contributed by atoms with van der Waals surface area (Å²) in [7, 11) is 0. The third kappa shape index (κ3) is 3.47. The largest absolute Gasteiger partial charge is 0.543 e. The molecule has 0 fully saturated rings. The Kier molecular flexibility index (Phi) is 4.59. The number of nitrogens with zero attached hydrogens (tertiary/aromatic N) is 1. The van der Waals surface area contributed by atoms with Gasteiger partial charge < -0.3 is 14.6 Å². The highest BCUT2D eigenvalue weighted by atomic mass is 35.5. The fourth-order valence-corrected chi connectivity index (χ4v) is 2.47. The molecule has 2 aromatic rings. The van der Waals surface area contributed by atoms with Gasteiger partial charge in [0.25, 0.3) is 0 Å². The van der Waals surface area contributed by atoms with Gasteiger partial charge in [0.1, 0.15) is 5.75 Å². The number of hydrogen-bond donors (Lipinski definition) is 0. The number of aromatic carboxylic acids is 1. The number of hydrogen-bond acceptors (Lipinski definition) is 6. The molecule has 104 valence electrons. The summed E-state index contributed by atoms with van der Waals surface area (Å²) in [6, 6.07) is 4.59. The number of aromatic nitrogens is 1. The normalized spacial score (nSPS) is 10.3. The number of ether oxygens (including phenoxy) is 1. The Morgan fingerprint density at radius 2 is 2.10 bits per heavy atom. The monoisotopic (exact) mass is 330 g/mol. The zero-order chi connectivity index (χ0) is 14.7. The van der Waals surface area contributed by atoms with Crippen molar-refractivity contribution in [1.29, 1.82) is 0 Å². The molecule has 0 aliphatic heterocycles. The average Bonchev–Trinajstić information content (AvgIpc) is 2.87. The number of benzene rings is 1. The molecular formula is C12H6Cl2NO4S-. The zero-order valence-corrected chi connectivity index (χ0v) is 12.1. The molecule has 1 aromatic carbocycles. The molecule has 2 rings (SSSR count). The van der Waals surface area contributed by atoms with E-state index in [1.807, 2.05) is 0 Å². The predicted molar refractivity (Wildman–Crippen MR) is 72.7 cm³/mol. The molecule has 0 saturated heterocycles. The highest BCUT2D eigenvalue weighted by Gasteiger charge is 2.13. The number of carbonyl (C=O) groups is 2. The van der Waals surface area contributed by atoms with E-state index < -0.39 is 11.8 Å². The minimum absolute atomic E-state index is 0.0364. The molecular weight excluding hydrogens is 325 g/mol. The fraction of sp³-hybridized carbons (Fsp3) is 0.0833. The summed E-state index contributed by atoms with van der Waals surface area (Å²) in [5.41, 5.74) is -0.275. The van der Waals surface area contributed by atoms with Crippen molar-refractivity contribution in [1.82, 2.24) is 4.98 Å². The quantitative estimate of drug-likeness (QED) is 0.784. The fourth-order valence-electron chi connectivity index (χ4n) is 1.29. The van der Waals surface area contributed by atoms with Crippen LogP contribution in [0, 0.1) is 0 Å². The van der Waals surface area contributed by atoms with Gasteiger partial charge in [0, 0.05) is 10.4 Å². The van der Waals surface area contributed by atoms with E-state index in [4.69, 9.17) is 27.9 Å².